The highest BCUT2D eigenvalue weighted by Crippen LogP contribution is 2.44. The number of thiophene rings is 2. The van der Waals surface area contributed by atoms with Crippen LogP contribution in [0.2, 0.25) is 0 Å². The van der Waals surface area contributed by atoms with Crippen LogP contribution in [-0.4, -0.2) is 17.4 Å². The lowest BCUT2D eigenvalue weighted by Crippen LogP contribution is -2.41. The van der Waals surface area contributed by atoms with Crippen LogP contribution in [0, 0.1) is 11.3 Å². The van der Waals surface area contributed by atoms with Gasteiger partial charge >= 0.3 is 0 Å². The van der Waals surface area contributed by atoms with Gasteiger partial charge in [0, 0.05) is 10.4 Å². The van der Waals surface area contributed by atoms with Crippen molar-refractivity contribution in [3.05, 3.63) is 38.4 Å². The van der Waals surface area contributed by atoms with Crippen molar-refractivity contribution in [2.24, 2.45) is 11.3 Å². The molecule has 0 aromatic carbocycles. The summed E-state index contributed by atoms with van der Waals surface area (Å²) in [5.74, 6) is 0.337. The van der Waals surface area contributed by atoms with Crippen molar-refractivity contribution in [2.45, 2.75) is 66.3 Å². The average molecular weight is 419 g/mol. The molecular weight excluding hydrogens is 388 g/mol. The van der Waals surface area contributed by atoms with Crippen LogP contribution in [0.15, 0.2) is 17.5 Å². The summed E-state index contributed by atoms with van der Waals surface area (Å²) in [6.07, 6.45) is 2.92. The van der Waals surface area contributed by atoms with Gasteiger partial charge in [-0.2, -0.15) is 0 Å². The van der Waals surface area contributed by atoms with Crippen LogP contribution in [-0.2, 0) is 12.8 Å². The fraction of sp³-hybridized carbons (Fsp3) is 0.545. The predicted octanol–water partition coefficient (Wildman–Crippen LogP) is 5.74. The van der Waals surface area contributed by atoms with Crippen LogP contribution in [0.4, 0.5) is 5.00 Å². The summed E-state index contributed by atoms with van der Waals surface area (Å²) in [5.41, 5.74) is 1.68. The fourth-order valence-electron chi connectivity index (χ4n) is 3.63. The maximum atomic E-state index is 13.1. The molecule has 28 heavy (non-hydrogen) atoms. The van der Waals surface area contributed by atoms with E-state index < -0.39 is 0 Å². The molecule has 152 valence electrons. The largest absolute Gasteiger partial charge is 0.347 e. The van der Waals surface area contributed by atoms with Crippen LogP contribution >= 0.6 is 22.7 Å². The van der Waals surface area contributed by atoms with Gasteiger partial charge in [0.1, 0.15) is 5.00 Å². The van der Waals surface area contributed by atoms with E-state index in [0.717, 1.165) is 24.8 Å². The Morgan fingerprint density at radius 2 is 1.82 bits per heavy atom. The molecule has 2 heterocycles. The molecule has 0 bridgehead atoms. The number of nitrogens with one attached hydrogen (secondary N) is 2. The zero-order valence-corrected chi connectivity index (χ0v) is 19.2. The zero-order chi connectivity index (χ0) is 20.7. The maximum absolute atomic E-state index is 13.1. The van der Waals surface area contributed by atoms with Crippen molar-refractivity contribution in [1.82, 2.24) is 5.32 Å². The average Bonchev–Trinajstić information content (AvgIpc) is 3.19. The molecule has 6 heteroatoms. The Kier molecular flexibility index (Phi) is 5.74. The number of anilines is 1. The molecule has 1 aliphatic rings. The highest BCUT2D eigenvalue weighted by atomic mass is 32.1. The molecule has 4 nitrogen and oxygen atoms in total. The van der Waals surface area contributed by atoms with E-state index in [1.165, 1.54) is 16.2 Å². The SMILES string of the molecule is CC(C)(C)NC(=O)c1c(NC(=O)c2cccs2)sc2c1CCC(C(C)(C)C)C2. The Balaban J connectivity index is 1.97. The Bertz CT molecular complexity index is 868. The van der Waals surface area contributed by atoms with E-state index in [-0.39, 0.29) is 22.8 Å². The fourth-order valence-corrected chi connectivity index (χ4v) is 5.57. The number of hydrogen-bond acceptors (Lipinski definition) is 4. The molecule has 2 N–H and O–H groups in total. The van der Waals surface area contributed by atoms with Crippen molar-refractivity contribution in [2.75, 3.05) is 5.32 Å². The van der Waals surface area contributed by atoms with Crippen LogP contribution < -0.4 is 10.6 Å². The second-order valence-electron chi connectivity index (χ2n) is 9.65. The topological polar surface area (TPSA) is 58.2 Å². The van der Waals surface area contributed by atoms with E-state index in [1.54, 1.807) is 17.4 Å². The summed E-state index contributed by atoms with van der Waals surface area (Å²) in [4.78, 5) is 27.6. The molecule has 0 spiro atoms. The number of carbonyl (C=O) groups excluding carboxylic acids is 2. The standard InChI is InChI=1S/C22H30N2O2S2/c1-21(2,3)13-9-10-14-16(12-13)28-20(17(14)19(26)24-22(4,5)6)23-18(25)15-8-7-11-27-15/h7-8,11,13H,9-10,12H2,1-6H3,(H,23,25)(H,24,26). The minimum absolute atomic E-state index is 0.0966. The van der Waals surface area contributed by atoms with Crippen molar-refractivity contribution >= 4 is 39.5 Å². The third-order valence-electron chi connectivity index (χ3n) is 5.18. The van der Waals surface area contributed by atoms with Crippen molar-refractivity contribution in [3.63, 3.8) is 0 Å². The molecule has 0 radical (unpaired) electrons. The lowest BCUT2D eigenvalue weighted by molar-refractivity contribution is 0.0919. The molecule has 3 rings (SSSR count). The summed E-state index contributed by atoms with van der Waals surface area (Å²) < 4.78 is 0. The van der Waals surface area contributed by atoms with E-state index >= 15 is 0 Å². The summed E-state index contributed by atoms with van der Waals surface area (Å²) >= 11 is 2.98. The Morgan fingerprint density at radius 3 is 2.39 bits per heavy atom. The molecule has 1 atom stereocenters. The molecule has 0 fully saturated rings. The minimum Gasteiger partial charge on any atom is -0.347 e. The molecule has 0 saturated heterocycles. The van der Waals surface area contributed by atoms with E-state index in [0.29, 0.717) is 21.4 Å². The van der Waals surface area contributed by atoms with Crippen LogP contribution in [0.3, 0.4) is 0 Å². The third kappa shape index (κ3) is 4.66. The van der Waals surface area contributed by atoms with Crippen molar-refractivity contribution < 1.29 is 9.59 Å². The number of hydrogen-bond donors (Lipinski definition) is 2. The maximum Gasteiger partial charge on any atom is 0.266 e. The summed E-state index contributed by atoms with van der Waals surface area (Å²) in [6, 6.07) is 3.66. The van der Waals surface area contributed by atoms with E-state index in [4.69, 9.17) is 0 Å². The van der Waals surface area contributed by atoms with Crippen molar-refractivity contribution in [3.8, 4) is 0 Å². The number of carbonyl (C=O) groups is 2. The Morgan fingerprint density at radius 1 is 1.11 bits per heavy atom. The molecular formula is C22H30N2O2S2. The van der Waals surface area contributed by atoms with Gasteiger partial charge in [0.25, 0.3) is 11.8 Å². The van der Waals surface area contributed by atoms with Crippen molar-refractivity contribution in [1.29, 1.82) is 0 Å². The first kappa shape index (κ1) is 21.1. The van der Waals surface area contributed by atoms with Gasteiger partial charge in [-0.05, 0) is 68.4 Å². The number of rotatable bonds is 3. The van der Waals surface area contributed by atoms with Gasteiger partial charge in [0.05, 0.1) is 10.4 Å². The molecule has 2 amide bonds. The summed E-state index contributed by atoms with van der Waals surface area (Å²) in [7, 11) is 0. The van der Waals surface area contributed by atoms with E-state index in [1.807, 2.05) is 32.2 Å². The second-order valence-corrected chi connectivity index (χ2v) is 11.7. The van der Waals surface area contributed by atoms with Gasteiger partial charge in [-0.25, -0.2) is 0 Å². The molecule has 2 aromatic rings. The second kappa shape index (κ2) is 7.64. The smallest absolute Gasteiger partial charge is 0.266 e. The summed E-state index contributed by atoms with van der Waals surface area (Å²) in [6.45, 7) is 12.8. The van der Waals surface area contributed by atoms with Gasteiger partial charge in [-0.1, -0.05) is 26.8 Å². The predicted molar refractivity (Wildman–Crippen MR) is 119 cm³/mol. The lowest BCUT2D eigenvalue weighted by Gasteiger charge is -2.34. The first-order valence-corrected chi connectivity index (χ1v) is 11.5. The van der Waals surface area contributed by atoms with Gasteiger partial charge in [-0.3, -0.25) is 9.59 Å². The van der Waals surface area contributed by atoms with Gasteiger partial charge in [-0.15, -0.1) is 22.7 Å². The minimum atomic E-state index is -0.330. The first-order valence-electron chi connectivity index (χ1n) is 9.77. The molecule has 1 unspecified atom stereocenters. The van der Waals surface area contributed by atoms with Crippen LogP contribution in [0.1, 0.15) is 78.4 Å². The van der Waals surface area contributed by atoms with Crippen LogP contribution in [0.5, 0.6) is 0 Å². The summed E-state index contributed by atoms with van der Waals surface area (Å²) in [5, 5.41) is 8.66. The molecule has 2 aromatic heterocycles. The Labute approximate surface area is 175 Å². The number of amides is 2. The lowest BCUT2D eigenvalue weighted by atomic mass is 9.72. The van der Waals surface area contributed by atoms with Gasteiger partial charge in [0.15, 0.2) is 0 Å². The highest BCUT2D eigenvalue weighted by Gasteiger charge is 2.34. The molecule has 1 aliphatic carbocycles. The van der Waals surface area contributed by atoms with E-state index in [9.17, 15) is 9.59 Å². The Hall–Kier alpha value is -1.66. The van der Waals surface area contributed by atoms with Crippen LogP contribution in [0.25, 0.3) is 0 Å². The number of fused-ring (bicyclic) bond motifs is 1. The quantitative estimate of drug-likeness (QED) is 0.667. The normalized spacial score (nSPS) is 17.1. The van der Waals surface area contributed by atoms with Gasteiger partial charge in [0.2, 0.25) is 0 Å². The molecule has 0 aliphatic heterocycles. The zero-order valence-electron chi connectivity index (χ0n) is 17.6. The highest BCUT2D eigenvalue weighted by molar-refractivity contribution is 7.17. The third-order valence-corrected chi connectivity index (χ3v) is 7.22. The monoisotopic (exact) mass is 418 g/mol. The van der Waals surface area contributed by atoms with Gasteiger partial charge < -0.3 is 10.6 Å². The first-order chi connectivity index (χ1) is 13.0. The molecule has 0 saturated carbocycles. The van der Waals surface area contributed by atoms with E-state index in [2.05, 4.69) is 31.4 Å².